The number of aliphatic hydroxyl groups is 4. The number of hydrogen-bond donors (Lipinski definition) is 19. The minimum atomic E-state index is -5.08. The second-order valence-electron chi connectivity index (χ2n) is 29.0. The summed E-state index contributed by atoms with van der Waals surface area (Å²) in [7, 11) is 0. The van der Waals surface area contributed by atoms with Crippen LogP contribution in [0.3, 0.4) is 0 Å². The molecule has 15 atom stereocenters. The SMILES string of the molecule is CC[C@H](C)C1NC(=O)[C@@H](CCCN=C(N)N)NC(=O)[C@H](CC(C)C)NC(=O)[C@H]([C@H](O)C(C)C)NC(=O)[C@@H](NC(=O)[C@H](CC(C)C)NC(=O)[C@@H](CC2(C)CCCCC2)NC(=O)OCc2ccccc2)[C@@H](c2ccccc2)OC(=O)[C@H](CO)NC(=O)[C@H]([C@H](O)C(N)=O)NC(=O)CNC(=O)C([C@H](C)O)NC1=O.O=C(O)C(F)(F)F. The summed E-state index contributed by atoms with van der Waals surface area (Å²) in [4.78, 5) is 200. The molecule has 1 aliphatic heterocycles. The lowest BCUT2D eigenvalue weighted by Crippen LogP contribution is -2.64. The highest BCUT2D eigenvalue weighted by Crippen LogP contribution is 2.40. The lowest BCUT2D eigenvalue weighted by atomic mass is 9.71. The smallest absolute Gasteiger partial charge is 0.475 e. The van der Waals surface area contributed by atoms with Crippen LogP contribution < -0.4 is 75.7 Å². The molecule has 0 aromatic heterocycles. The summed E-state index contributed by atoms with van der Waals surface area (Å²) in [5.41, 5.74) is 16.6. The van der Waals surface area contributed by atoms with E-state index >= 15 is 14.4 Å². The Morgan fingerprint density at radius 2 is 1.20 bits per heavy atom. The standard InChI is InChI=1S/C70H109N15O19.C2HF3O2/c1-11-39(8)49-63(97)83-50(40(9)87)62(96)75-33-48(88)81-52(55(90)57(71)91)65(99)79-47(34-86)67(101)104-56(42-24-17-13-18-25-42)53(66(100)84-51(54(89)38(6)7)64(98)78-44(30-36(2)3)59(93)76-43(58(92)82-49)26-21-29-74-68(72)73)85-60(94)45(31-37(4)5)77-61(95)46(32-70(10)27-19-14-20-28-70)80-69(102)103-35-41-22-15-12-16-23-41;3-2(4,5)1(6)7/h12-13,15-18,22-25,36-40,43-47,49-56,86-87,89-90H,11,14,19-21,26-35H2,1-10H3,(H2,71,91)(H,75,96)(H,76,93)(H,77,95)(H,78,98)(H,79,99)(H,80,102)(H,81,88)(H,82,92)(H,83,97)(H,84,100)(H,85,94)(H4,72,73,74);(H,6,7)/t39-,40-,43+,44-,45-,46+,47-,49?,50?,51-,52-,53-,54+,55-,56+;/m0./s1. The highest BCUT2D eigenvalue weighted by atomic mass is 19.4. The predicted octanol–water partition coefficient (Wildman–Crippen LogP) is -1.52. The first-order chi connectivity index (χ1) is 51.9. The predicted molar refractivity (Wildman–Crippen MR) is 392 cm³/mol. The Hall–Kier alpha value is -10.3. The number of benzene rings is 2. The van der Waals surface area contributed by atoms with Crippen LogP contribution in [0.25, 0.3) is 0 Å². The Labute approximate surface area is 640 Å². The number of nitrogens with one attached hydrogen (secondary N) is 11. The van der Waals surface area contributed by atoms with Crippen molar-refractivity contribution in [1.82, 2.24) is 58.5 Å². The lowest BCUT2D eigenvalue weighted by molar-refractivity contribution is -0.192. The number of guanidine groups is 1. The van der Waals surface area contributed by atoms with Gasteiger partial charge in [0.05, 0.1) is 25.4 Å². The van der Waals surface area contributed by atoms with E-state index in [9.17, 15) is 81.5 Å². The first kappa shape index (κ1) is 94.9. The molecule has 0 radical (unpaired) electrons. The van der Waals surface area contributed by atoms with Crippen molar-refractivity contribution in [3.63, 3.8) is 0 Å². The molecule has 2 aliphatic rings. The summed E-state index contributed by atoms with van der Waals surface area (Å²) in [6.45, 7) is 13.4. The van der Waals surface area contributed by atoms with Gasteiger partial charge in [0.15, 0.2) is 24.2 Å². The number of cyclic esters (lactones) is 1. The molecule has 1 aliphatic carbocycles. The largest absolute Gasteiger partial charge is 0.490 e. The Morgan fingerprint density at radius 1 is 0.658 bits per heavy atom. The van der Waals surface area contributed by atoms with Crippen LogP contribution in [0.5, 0.6) is 0 Å². The molecule has 2 aromatic carbocycles. The number of halogens is 3. The van der Waals surface area contributed by atoms with Gasteiger partial charge >= 0.3 is 24.2 Å². The maximum absolute atomic E-state index is 15.7. The Bertz CT molecular complexity index is 3490. The van der Waals surface area contributed by atoms with E-state index < -0.39 is 216 Å². The molecule has 2 unspecified atom stereocenters. The van der Waals surface area contributed by atoms with E-state index in [2.05, 4.69) is 58.2 Å². The molecule has 22 N–H and O–H groups in total. The monoisotopic (exact) mass is 1580 g/mol. The number of rotatable bonds is 26. The number of alkyl halides is 3. The van der Waals surface area contributed by atoms with Crippen molar-refractivity contribution in [3.05, 3.63) is 71.8 Å². The van der Waals surface area contributed by atoms with Gasteiger partial charge in [-0.1, -0.05) is 149 Å². The number of esters is 1. The average Bonchev–Trinajstić information content (AvgIpc) is 0.811. The number of hydrogen-bond acceptors (Lipinski definition) is 21. The summed E-state index contributed by atoms with van der Waals surface area (Å²) >= 11 is 0. The fourth-order valence-corrected chi connectivity index (χ4v) is 11.8. The van der Waals surface area contributed by atoms with Gasteiger partial charge in [0.25, 0.3) is 0 Å². The van der Waals surface area contributed by atoms with Gasteiger partial charge in [-0.2, -0.15) is 13.2 Å². The molecule has 620 valence electrons. The number of nitrogens with two attached hydrogens (primary N) is 3. The third kappa shape index (κ3) is 32.3. The van der Waals surface area contributed by atoms with E-state index in [-0.39, 0.29) is 63.2 Å². The van der Waals surface area contributed by atoms with Gasteiger partial charge in [-0.3, -0.25) is 57.7 Å². The molecule has 12 amide bonds. The molecular formula is C72H110F3N15O21. The maximum atomic E-state index is 15.7. The Balaban J connectivity index is 0.00000433. The van der Waals surface area contributed by atoms with E-state index in [1.807, 2.05) is 12.2 Å². The average molecular weight is 1580 g/mol. The highest BCUT2D eigenvalue weighted by Gasteiger charge is 2.45. The topological polar surface area (TPSA) is 581 Å². The number of carboxylic acids is 1. The molecule has 1 heterocycles. The third-order valence-corrected chi connectivity index (χ3v) is 18.2. The van der Waals surface area contributed by atoms with Crippen LogP contribution in [0, 0.1) is 29.1 Å². The summed E-state index contributed by atoms with van der Waals surface area (Å²) < 4.78 is 43.3. The van der Waals surface area contributed by atoms with Crippen molar-refractivity contribution in [2.24, 2.45) is 51.3 Å². The number of primary amides is 1. The number of aliphatic imine (C=N–C) groups is 1. The Kier molecular flexibility index (Phi) is 39.1. The zero-order valence-electron chi connectivity index (χ0n) is 63.9. The number of carbonyl (C=O) groups is 14. The van der Waals surface area contributed by atoms with Gasteiger partial charge < -0.3 is 111 Å². The highest BCUT2D eigenvalue weighted by molar-refractivity contribution is 6.00. The van der Waals surface area contributed by atoms with Gasteiger partial charge in [0.1, 0.15) is 61.0 Å². The number of aliphatic hydroxyl groups excluding tert-OH is 4. The van der Waals surface area contributed by atoms with Gasteiger partial charge in [-0.25, -0.2) is 14.4 Å². The summed E-state index contributed by atoms with van der Waals surface area (Å²) in [6, 6.07) is -2.65. The molecule has 4 rings (SSSR count). The van der Waals surface area contributed by atoms with Crippen molar-refractivity contribution in [2.45, 2.75) is 237 Å². The summed E-state index contributed by atoms with van der Waals surface area (Å²) in [6.07, 6.45) is -10.5. The summed E-state index contributed by atoms with van der Waals surface area (Å²) in [5.74, 6) is -20.4. The molecule has 111 heavy (non-hydrogen) atoms. The molecular weight excluding hydrogens is 1470 g/mol. The van der Waals surface area contributed by atoms with Gasteiger partial charge in [0.2, 0.25) is 65.0 Å². The molecule has 36 nitrogen and oxygen atoms in total. The fraction of sp³-hybridized carbons (Fsp3) is 0.625. The van der Waals surface area contributed by atoms with Crippen molar-refractivity contribution in [3.8, 4) is 0 Å². The number of nitrogens with zero attached hydrogens (tertiary/aromatic N) is 1. The normalized spacial score (nSPS) is 23.4. The number of alkyl carbamates (subject to hydrolysis) is 1. The van der Waals surface area contributed by atoms with Crippen LogP contribution in [-0.4, -0.2) is 219 Å². The number of carbonyl (C=O) groups excluding carboxylic acids is 13. The molecule has 2 aromatic rings. The van der Waals surface area contributed by atoms with Gasteiger partial charge in [0, 0.05) is 6.54 Å². The van der Waals surface area contributed by atoms with E-state index in [0.717, 1.165) is 26.2 Å². The molecule has 0 spiro atoms. The first-order valence-electron chi connectivity index (χ1n) is 36.5. The Morgan fingerprint density at radius 3 is 1.73 bits per heavy atom. The first-order valence-corrected chi connectivity index (χ1v) is 36.5. The van der Waals surface area contributed by atoms with E-state index in [1.165, 1.54) is 44.2 Å². The minimum absolute atomic E-state index is 0.0303. The fourth-order valence-electron chi connectivity index (χ4n) is 11.8. The third-order valence-electron chi connectivity index (χ3n) is 18.2. The van der Waals surface area contributed by atoms with Crippen LogP contribution in [0.1, 0.15) is 157 Å². The van der Waals surface area contributed by atoms with Crippen LogP contribution in [0.2, 0.25) is 0 Å². The summed E-state index contributed by atoms with van der Waals surface area (Å²) in [5, 5.41) is 78.8. The molecule has 0 bridgehead atoms. The van der Waals surface area contributed by atoms with Crippen molar-refractivity contribution >= 4 is 89.0 Å². The number of amides is 12. The zero-order chi connectivity index (χ0) is 83.8. The molecule has 1 saturated carbocycles. The maximum Gasteiger partial charge on any atom is 0.490 e. The quantitative estimate of drug-likeness (QED) is 0.0220. The zero-order valence-corrected chi connectivity index (χ0v) is 63.9. The van der Waals surface area contributed by atoms with E-state index in [1.54, 1.807) is 71.9 Å². The number of ether oxygens (including phenoxy) is 2. The minimum Gasteiger partial charge on any atom is -0.475 e. The second-order valence-corrected chi connectivity index (χ2v) is 29.0. The van der Waals surface area contributed by atoms with E-state index in [4.69, 9.17) is 36.6 Å². The molecule has 1 saturated heterocycles. The van der Waals surface area contributed by atoms with E-state index in [0.29, 0.717) is 18.4 Å². The van der Waals surface area contributed by atoms with Crippen LogP contribution in [0.4, 0.5) is 18.0 Å². The van der Waals surface area contributed by atoms with Crippen LogP contribution in [0.15, 0.2) is 65.7 Å². The van der Waals surface area contributed by atoms with Gasteiger partial charge in [-0.15, -0.1) is 0 Å². The van der Waals surface area contributed by atoms with Crippen LogP contribution >= 0.6 is 0 Å². The van der Waals surface area contributed by atoms with Gasteiger partial charge in [-0.05, 0) is 92.1 Å². The van der Waals surface area contributed by atoms with Crippen molar-refractivity contribution in [1.29, 1.82) is 0 Å². The number of aliphatic carboxylic acids is 1. The number of carboxylic acid groups (broad SMARTS) is 1. The van der Waals surface area contributed by atoms with Crippen LogP contribution in [-0.2, 0) is 78.4 Å². The lowest BCUT2D eigenvalue weighted by Gasteiger charge is -2.37. The van der Waals surface area contributed by atoms with Crippen molar-refractivity contribution < 1.29 is 115 Å². The molecule has 2 fully saturated rings. The molecule has 39 heteroatoms. The second kappa shape index (κ2) is 45.8. The van der Waals surface area contributed by atoms with Crippen molar-refractivity contribution in [2.75, 3.05) is 19.7 Å².